The molecule has 9 atom stereocenters. The van der Waals surface area contributed by atoms with Crippen LogP contribution in [0.2, 0.25) is 5.02 Å². The van der Waals surface area contributed by atoms with Crippen molar-refractivity contribution in [1.82, 2.24) is 30.7 Å². The van der Waals surface area contributed by atoms with Gasteiger partial charge in [-0.05, 0) is 82.6 Å². The molecule has 4 aliphatic rings. The molecule has 4 saturated heterocycles. The number of piperidine rings is 1. The number of fused-ring (bicyclic) bond motifs is 3. The van der Waals surface area contributed by atoms with Crippen LogP contribution in [0.25, 0.3) is 0 Å². The van der Waals surface area contributed by atoms with Crippen LogP contribution >= 0.6 is 11.6 Å². The number of nitrogens with two attached hydrogens (primary N) is 1. The second kappa shape index (κ2) is 18.3. The lowest BCUT2D eigenvalue weighted by molar-refractivity contribution is -0.163. The number of aryl methyl sites for hydroxylation is 1. The van der Waals surface area contributed by atoms with E-state index in [9.17, 15) is 38.0 Å². The van der Waals surface area contributed by atoms with Crippen molar-refractivity contribution in [2.45, 2.75) is 115 Å². The van der Waals surface area contributed by atoms with Crippen molar-refractivity contribution in [2.24, 2.45) is 11.7 Å². The number of nitrogens with one attached hydrogen (secondary N) is 4. The van der Waals surface area contributed by atoms with Crippen molar-refractivity contribution >= 4 is 58.8 Å². The number of carbonyl (C=O) groups is 7. The van der Waals surface area contributed by atoms with E-state index >= 15 is 0 Å². The minimum absolute atomic E-state index is 0.0625. The summed E-state index contributed by atoms with van der Waals surface area (Å²) in [6, 6.07) is 2.20. The molecule has 18 heteroatoms. The third kappa shape index (κ3) is 9.95. The summed E-state index contributed by atoms with van der Waals surface area (Å²) in [4.78, 5) is 103. The molecule has 0 unspecified atom stereocenters. The Morgan fingerprint density at radius 1 is 0.932 bits per heavy atom. The van der Waals surface area contributed by atoms with Crippen molar-refractivity contribution in [2.75, 3.05) is 25.0 Å². The van der Waals surface area contributed by atoms with E-state index in [-0.39, 0.29) is 55.5 Å². The number of anilines is 1. The Balaban J connectivity index is 1.35. The van der Waals surface area contributed by atoms with E-state index in [0.717, 1.165) is 11.6 Å². The van der Waals surface area contributed by atoms with E-state index in [1.54, 1.807) is 12.1 Å². The summed E-state index contributed by atoms with van der Waals surface area (Å²) in [6.45, 7) is 7.05. The number of amides is 7. The Hall–Kier alpha value is -5.29. The highest BCUT2D eigenvalue weighted by molar-refractivity contribution is 6.30. The lowest BCUT2D eigenvalue weighted by atomic mass is 9.98. The van der Waals surface area contributed by atoms with Crippen LogP contribution in [0.1, 0.15) is 64.0 Å². The summed E-state index contributed by atoms with van der Waals surface area (Å²) >= 11 is 5.88. The first-order chi connectivity index (χ1) is 28.0. The number of hydrogen-bond acceptors (Lipinski definition) is 9. The third-order valence-electron chi connectivity index (χ3n) is 11.4. The van der Waals surface area contributed by atoms with E-state index in [4.69, 9.17) is 22.1 Å². The molecule has 0 radical (unpaired) electrons. The van der Waals surface area contributed by atoms with Gasteiger partial charge in [0.2, 0.25) is 29.5 Å². The summed E-state index contributed by atoms with van der Waals surface area (Å²) in [7, 11) is 0. The van der Waals surface area contributed by atoms with Crippen LogP contribution in [0.4, 0.5) is 14.9 Å². The van der Waals surface area contributed by atoms with E-state index in [0.29, 0.717) is 24.8 Å². The minimum atomic E-state index is -1.61. The topological polar surface area (TPSA) is 213 Å². The Morgan fingerprint density at radius 3 is 2.41 bits per heavy atom. The van der Waals surface area contributed by atoms with Gasteiger partial charge < -0.3 is 46.4 Å². The van der Waals surface area contributed by atoms with E-state index in [1.165, 1.54) is 40.7 Å². The SMILES string of the molecule is Cc1cccc(C[C@H](NC(=O)Nc2ccc(Cl)cc2F)C(=O)N[C@@H]2C(=O)N3C[C@@H](N)C[C@H]3C(=O)N3CCCC[C@H]3C(=O)N[C@@H](C)C(=O)N3C[C@H](C)C[C@H]3C(=O)O[C@H]2C)c1. The molecule has 16 nitrogen and oxygen atoms in total. The molecule has 0 bridgehead atoms. The number of hydrogen-bond donors (Lipinski definition) is 5. The van der Waals surface area contributed by atoms with Gasteiger partial charge in [0.15, 0.2) is 0 Å². The summed E-state index contributed by atoms with van der Waals surface area (Å²) in [5, 5.41) is 10.5. The molecule has 6 rings (SSSR count). The van der Waals surface area contributed by atoms with Crippen molar-refractivity contribution in [3.8, 4) is 0 Å². The smallest absolute Gasteiger partial charge is 0.329 e. The predicted octanol–water partition coefficient (Wildman–Crippen LogP) is 2.00. The lowest BCUT2D eigenvalue weighted by Gasteiger charge is -2.39. The molecule has 7 amide bonds. The van der Waals surface area contributed by atoms with Crippen LogP contribution in [-0.2, 0) is 39.9 Å². The van der Waals surface area contributed by atoms with Gasteiger partial charge in [-0.3, -0.25) is 24.0 Å². The Morgan fingerprint density at radius 2 is 1.68 bits per heavy atom. The molecule has 4 fully saturated rings. The van der Waals surface area contributed by atoms with E-state index in [1.807, 2.05) is 26.0 Å². The van der Waals surface area contributed by atoms with Gasteiger partial charge in [0.1, 0.15) is 48.2 Å². The van der Waals surface area contributed by atoms with Crippen LogP contribution in [0.3, 0.4) is 0 Å². The van der Waals surface area contributed by atoms with Crippen LogP contribution < -0.4 is 27.0 Å². The standard InChI is InChI=1S/C41H52ClFN8O8/c1-21-8-7-9-25(14-21)16-30(47-41(58)46-29-12-11-26(42)17-28(29)43)35(52)48-34-24(4)59-40(57)33-15-22(2)19-50(33)37(54)23(3)45-36(53)31-10-5-6-13-49(31)38(55)32-18-27(44)20-51(32)39(34)56/h7-9,11-12,14,17,22-24,27,30-34H,5-6,10,13,15-16,18-20,44H2,1-4H3,(H,45,53)(H,48,52)(H2,46,47,58)/t22-,23+,24+,27+,30+,31+,32+,33+,34+/m1/s1. The maximum atomic E-state index is 14.8. The Labute approximate surface area is 347 Å². The molecule has 6 N–H and O–H groups in total. The quantitative estimate of drug-likeness (QED) is 0.269. The number of carbonyl (C=O) groups excluding carboxylic acids is 7. The van der Waals surface area contributed by atoms with E-state index < -0.39 is 95.8 Å². The van der Waals surface area contributed by atoms with Gasteiger partial charge in [0, 0.05) is 37.1 Å². The van der Waals surface area contributed by atoms with E-state index in [2.05, 4.69) is 21.3 Å². The van der Waals surface area contributed by atoms with Crippen molar-refractivity contribution < 1.29 is 42.7 Å². The zero-order valence-electron chi connectivity index (χ0n) is 33.5. The first-order valence-electron chi connectivity index (χ1n) is 20.1. The first-order valence-corrected chi connectivity index (χ1v) is 20.4. The highest BCUT2D eigenvalue weighted by Crippen LogP contribution is 2.29. The van der Waals surface area contributed by atoms with Gasteiger partial charge in [-0.15, -0.1) is 0 Å². The number of ether oxygens (including phenoxy) is 1. The van der Waals surface area contributed by atoms with Crippen molar-refractivity contribution in [1.29, 1.82) is 0 Å². The van der Waals surface area contributed by atoms with Gasteiger partial charge in [0.05, 0.1) is 5.69 Å². The summed E-state index contributed by atoms with van der Waals surface area (Å²) in [6.07, 6.45) is 0.500. The van der Waals surface area contributed by atoms with Crippen LogP contribution in [0.5, 0.6) is 0 Å². The van der Waals surface area contributed by atoms with Crippen molar-refractivity contribution in [3.05, 3.63) is 64.4 Å². The molecule has 0 aromatic heterocycles. The molecule has 59 heavy (non-hydrogen) atoms. The zero-order valence-corrected chi connectivity index (χ0v) is 34.3. The van der Waals surface area contributed by atoms with Gasteiger partial charge >= 0.3 is 12.0 Å². The van der Waals surface area contributed by atoms with Crippen molar-refractivity contribution in [3.63, 3.8) is 0 Å². The molecule has 318 valence electrons. The summed E-state index contributed by atoms with van der Waals surface area (Å²) in [5.41, 5.74) is 7.72. The monoisotopic (exact) mass is 838 g/mol. The minimum Gasteiger partial charge on any atom is -0.458 e. The second-order valence-electron chi connectivity index (χ2n) is 16.2. The maximum absolute atomic E-state index is 14.8. The fourth-order valence-corrected chi connectivity index (χ4v) is 8.63. The molecule has 0 saturated carbocycles. The highest BCUT2D eigenvalue weighted by atomic mass is 35.5. The van der Waals surface area contributed by atoms with Gasteiger partial charge in [-0.1, -0.05) is 48.4 Å². The van der Waals surface area contributed by atoms with Gasteiger partial charge in [-0.2, -0.15) is 0 Å². The average Bonchev–Trinajstić information content (AvgIpc) is 3.78. The second-order valence-corrected chi connectivity index (χ2v) is 16.7. The Kier molecular flexibility index (Phi) is 13.4. The van der Waals surface area contributed by atoms with Crippen LogP contribution in [-0.4, -0.2) is 124 Å². The molecular formula is C41H52ClFN8O8. The average molecular weight is 839 g/mol. The number of halogens is 2. The molecule has 2 aromatic carbocycles. The van der Waals surface area contributed by atoms with Crippen LogP contribution in [0.15, 0.2) is 42.5 Å². The third-order valence-corrected chi connectivity index (χ3v) is 11.7. The normalized spacial score (nSPS) is 28.5. The summed E-state index contributed by atoms with van der Waals surface area (Å²) in [5.74, 6) is -4.91. The summed E-state index contributed by atoms with van der Waals surface area (Å²) < 4.78 is 20.6. The number of esters is 1. The maximum Gasteiger partial charge on any atom is 0.329 e. The number of urea groups is 1. The highest BCUT2D eigenvalue weighted by Gasteiger charge is 2.48. The fraction of sp³-hybridized carbons (Fsp3) is 0.537. The lowest BCUT2D eigenvalue weighted by Crippen LogP contribution is -2.63. The Bertz CT molecular complexity index is 1990. The fourth-order valence-electron chi connectivity index (χ4n) is 8.47. The molecule has 4 aliphatic heterocycles. The van der Waals surface area contributed by atoms with Gasteiger partial charge in [-0.25, -0.2) is 14.0 Å². The predicted molar refractivity (Wildman–Crippen MR) is 214 cm³/mol. The number of nitrogens with zero attached hydrogens (tertiary/aromatic N) is 3. The largest absolute Gasteiger partial charge is 0.458 e. The molecule has 0 spiro atoms. The number of cyclic esters (lactones) is 1. The molecular weight excluding hydrogens is 787 g/mol. The zero-order chi connectivity index (χ0) is 42.7. The molecule has 2 aromatic rings. The van der Waals surface area contributed by atoms with Gasteiger partial charge in [0.25, 0.3) is 0 Å². The number of benzene rings is 2. The molecule has 4 heterocycles. The van der Waals surface area contributed by atoms with Crippen LogP contribution in [0, 0.1) is 18.7 Å². The molecule has 0 aliphatic carbocycles. The first kappa shape index (κ1) is 43.3. The number of rotatable bonds is 6.